The van der Waals surface area contributed by atoms with E-state index in [2.05, 4.69) is 10.6 Å². The number of hydrogen-bond acceptors (Lipinski definition) is 5. The van der Waals surface area contributed by atoms with Gasteiger partial charge in [0.1, 0.15) is 11.4 Å². The van der Waals surface area contributed by atoms with Crippen LogP contribution in [-0.2, 0) is 9.53 Å². The maximum absolute atomic E-state index is 12.6. The van der Waals surface area contributed by atoms with Crippen molar-refractivity contribution in [3.8, 4) is 5.75 Å². The Morgan fingerprint density at radius 2 is 1.93 bits per heavy atom. The number of fused-ring (bicyclic) bond motifs is 1. The van der Waals surface area contributed by atoms with Crippen LogP contribution < -0.4 is 15.4 Å². The normalized spacial score (nSPS) is 23.8. The Morgan fingerprint density at radius 1 is 1.24 bits per heavy atom. The van der Waals surface area contributed by atoms with Gasteiger partial charge in [0.2, 0.25) is 0 Å². The summed E-state index contributed by atoms with van der Waals surface area (Å²) < 4.78 is 11.3. The van der Waals surface area contributed by atoms with E-state index in [0.29, 0.717) is 17.3 Å². The fourth-order valence-electron chi connectivity index (χ4n) is 3.67. The molecular weight excluding hydrogens is 394 g/mol. The van der Waals surface area contributed by atoms with Gasteiger partial charge in [-0.15, -0.1) is 0 Å². The Kier molecular flexibility index (Phi) is 6.46. The quantitative estimate of drug-likeness (QED) is 0.772. The molecule has 0 radical (unpaired) electrons. The van der Waals surface area contributed by atoms with Gasteiger partial charge >= 0.3 is 6.09 Å². The Hall–Kier alpha value is -2.15. The molecule has 1 saturated carbocycles. The van der Waals surface area contributed by atoms with Gasteiger partial charge in [0, 0.05) is 24.2 Å². The van der Waals surface area contributed by atoms with Gasteiger partial charge in [-0.3, -0.25) is 4.79 Å². The summed E-state index contributed by atoms with van der Waals surface area (Å²) in [5, 5.41) is 6.91. The number of nitrogens with zero attached hydrogens (tertiary/aromatic N) is 1. The van der Waals surface area contributed by atoms with Crippen molar-refractivity contribution in [2.24, 2.45) is 0 Å². The van der Waals surface area contributed by atoms with Crippen molar-refractivity contribution >= 4 is 29.3 Å². The summed E-state index contributed by atoms with van der Waals surface area (Å²) in [7, 11) is 1.78. The number of nitrogens with one attached hydrogen (secondary N) is 2. The zero-order valence-corrected chi connectivity index (χ0v) is 18.2. The van der Waals surface area contributed by atoms with Gasteiger partial charge in [-0.1, -0.05) is 11.6 Å². The highest BCUT2D eigenvalue weighted by Crippen LogP contribution is 2.32. The molecule has 1 fully saturated rings. The maximum atomic E-state index is 12.6. The SMILES string of the molecule is CN(C(=O)OC(C)(C)C)[C@H]1CC[C@H](NC(=O)C2CNc3cc(Cl)ccc3O2)CC1. The van der Waals surface area contributed by atoms with Gasteiger partial charge in [0.25, 0.3) is 5.91 Å². The number of benzene rings is 1. The van der Waals surface area contributed by atoms with E-state index < -0.39 is 11.7 Å². The predicted molar refractivity (Wildman–Crippen MR) is 113 cm³/mol. The maximum Gasteiger partial charge on any atom is 0.410 e. The lowest BCUT2D eigenvalue weighted by molar-refractivity contribution is -0.128. The summed E-state index contributed by atoms with van der Waals surface area (Å²) in [4.78, 5) is 26.6. The summed E-state index contributed by atoms with van der Waals surface area (Å²) in [6.45, 7) is 5.98. The third-order valence-corrected chi connectivity index (χ3v) is 5.49. The van der Waals surface area contributed by atoms with E-state index in [-0.39, 0.29) is 24.1 Å². The topological polar surface area (TPSA) is 79.9 Å². The first kappa shape index (κ1) is 21.6. The molecule has 0 spiro atoms. The highest BCUT2D eigenvalue weighted by Gasteiger charge is 2.32. The van der Waals surface area contributed by atoms with E-state index in [9.17, 15) is 9.59 Å². The van der Waals surface area contributed by atoms with E-state index in [4.69, 9.17) is 21.1 Å². The second-order valence-electron chi connectivity index (χ2n) is 8.73. The van der Waals surface area contributed by atoms with E-state index in [1.807, 2.05) is 20.8 Å². The molecule has 0 bridgehead atoms. The van der Waals surface area contributed by atoms with Crippen LogP contribution in [0.15, 0.2) is 18.2 Å². The Balaban J connectivity index is 1.46. The van der Waals surface area contributed by atoms with Crippen LogP contribution in [0.4, 0.5) is 10.5 Å². The van der Waals surface area contributed by atoms with Crippen LogP contribution in [0, 0.1) is 0 Å². The number of carbonyl (C=O) groups is 2. The van der Waals surface area contributed by atoms with Crippen molar-refractivity contribution in [2.75, 3.05) is 18.9 Å². The van der Waals surface area contributed by atoms with Gasteiger partial charge < -0.3 is 25.0 Å². The number of halogens is 1. The smallest absolute Gasteiger partial charge is 0.410 e. The van der Waals surface area contributed by atoms with Crippen molar-refractivity contribution in [2.45, 2.75) is 70.2 Å². The highest BCUT2D eigenvalue weighted by molar-refractivity contribution is 6.30. The first-order valence-corrected chi connectivity index (χ1v) is 10.5. The molecule has 0 saturated heterocycles. The monoisotopic (exact) mass is 423 g/mol. The molecule has 1 atom stereocenters. The summed E-state index contributed by atoms with van der Waals surface area (Å²) in [6.07, 6.45) is 2.40. The summed E-state index contributed by atoms with van der Waals surface area (Å²) in [5.41, 5.74) is 0.293. The highest BCUT2D eigenvalue weighted by atomic mass is 35.5. The second kappa shape index (κ2) is 8.69. The predicted octanol–water partition coefficient (Wildman–Crippen LogP) is 3.81. The molecule has 1 aliphatic carbocycles. The van der Waals surface area contributed by atoms with Crippen molar-refractivity contribution in [1.29, 1.82) is 0 Å². The van der Waals surface area contributed by atoms with Crippen LogP contribution in [-0.4, -0.2) is 54.3 Å². The average Bonchev–Trinajstić information content (AvgIpc) is 2.66. The summed E-state index contributed by atoms with van der Waals surface area (Å²) in [5.74, 6) is 0.505. The van der Waals surface area contributed by atoms with Gasteiger partial charge in [0.05, 0.1) is 12.2 Å². The number of rotatable bonds is 3. The minimum Gasteiger partial charge on any atom is -0.477 e. The van der Waals surface area contributed by atoms with E-state index in [1.54, 1.807) is 30.1 Å². The molecule has 1 unspecified atom stereocenters. The fourth-order valence-corrected chi connectivity index (χ4v) is 3.84. The largest absolute Gasteiger partial charge is 0.477 e. The van der Waals surface area contributed by atoms with Crippen molar-refractivity contribution < 1.29 is 19.1 Å². The van der Waals surface area contributed by atoms with E-state index in [1.165, 1.54) is 0 Å². The molecule has 2 N–H and O–H groups in total. The van der Waals surface area contributed by atoms with Gasteiger partial charge in [-0.05, 0) is 64.7 Å². The van der Waals surface area contributed by atoms with Gasteiger partial charge in [-0.25, -0.2) is 4.79 Å². The third-order valence-electron chi connectivity index (χ3n) is 5.25. The minimum absolute atomic E-state index is 0.0843. The molecule has 1 heterocycles. The molecule has 160 valence electrons. The molecule has 29 heavy (non-hydrogen) atoms. The van der Waals surface area contributed by atoms with Crippen molar-refractivity contribution in [3.63, 3.8) is 0 Å². The molecule has 7 nitrogen and oxygen atoms in total. The number of anilines is 1. The molecule has 1 aromatic rings. The molecule has 2 amide bonds. The van der Waals surface area contributed by atoms with Crippen LogP contribution in [0.25, 0.3) is 0 Å². The molecule has 1 aromatic carbocycles. The van der Waals surface area contributed by atoms with Crippen molar-refractivity contribution in [1.82, 2.24) is 10.2 Å². The molecule has 3 rings (SSSR count). The Labute approximate surface area is 177 Å². The first-order chi connectivity index (χ1) is 13.6. The Bertz CT molecular complexity index is 757. The lowest BCUT2D eigenvalue weighted by Gasteiger charge is -2.36. The summed E-state index contributed by atoms with van der Waals surface area (Å²) >= 11 is 5.98. The van der Waals surface area contributed by atoms with Crippen LogP contribution >= 0.6 is 11.6 Å². The standard InChI is InChI=1S/C21H30ClN3O4/c1-21(2,3)29-20(27)25(4)15-8-6-14(7-9-15)24-19(26)18-12-23-16-11-13(22)5-10-17(16)28-18/h5,10-11,14-15,18,23H,6-9,12H2,1-4H3,(H,24,26)/t14-,15-,18?. The molecule has 1 aliphatic heterocycles. The van der Waals surface area contributed by atoms with Crippen LogP contribution in [0.2, 0.25) is 5.02 Å². The fraction of sp³-hybridized carbons (Fsp3) is 0.619. The van der Waals surface area contributed by atoms with Gasteiger partial charge in [0.15, 0.2) is 6.10 Å². The molecule has 0 aromatic heterocycles. The van der Waals surface area contributed by atoms with Crippen molar-refractivity contribution in [3.05, 3.63) is 23.2 Å². The minimum atomic E-state index is -0.578. The zero-order valence-electron chi connectivity index (χ0n) is 17.5. The summed E-state index contributed by atoms with van der Waals surface area (Å²) in [6, 6.07) is 5.50. The molecular formula is C21H30ClN3O4. The number of hydrogen-bond donors (Lipinski definition) is 2. The second-order valence-corrected chi connectivity index (χ2v) is 9.17. The lowest BCUT2D eigenvalue weighted by atomic mass is 9.90. The first-order valence-electron chi connectivity index (χ1n) is 10.1. The number of ether oxygens (including phenoxy) is 2. The van der Waals surface area contributed by atoms with E-state index >= 15 is 0 Å². The molecule has 2 aliphatic rings. The Morgan fingerprint density at radius 3 is 2.59 bits per heavy atom. The average molecular weight is 424 g/mol. The van der Waals surface area contributed by atoms with Crippen LogP contribution in [0.1, 0.15) is 46.5 Å². The third kappa shape index (κ3) is 5.69. The van der Waals surface area contributed by atoms with Crippen LogP contribution in [0.3, 0.4) is 0 Å². The zero-order chi connectivity index (χ0) is 21.2. The van der Waals surface area contributed by atoms with E-state index in [0.717, 1.165) is 31.4 Å². The van der Waals surface area contributed by atoms with Gasteiger partial charge in [-0.2, -0.15) is 0 Å². The number of carbonyl (C=O) groups excluding carboxylic acids is 2. The van der Waals surface area contributed by atoms with Crippen LogP contribution in [0.5, 0.6) is 5.75 Å². The molecule has 8 heteroatoms. The lowest BCUT2D eigenvalue weighted by Crippen LogP contribution is -2.50. The number of amides is 2.